The number of phosphoric ester groups is 1. The van der Waals surface area contributed by atoms with Gasteiger partial charge in [0.05, 0.1) is 6.61 Å². The molecular formula is C39H73O8P. The summed E-state index contributed by atoms with van der Waals surface area (Å²) in [5.74, 6) is -0.897. The highest BCUT2D eigenvalue weighted by Crippen LogP contribution is 2.36. The Labute approximate surface area is 294 Å². The summed E-state index contributed by atoms with van der Waals surface area (Å²) in [6.07, 6.45) is 39.0. The molecule has 0 aromatic rings. The minimum absolute atomic E-state index is 0.207. The van der Waals surface area contributed by atoms with Gasteiger partial charge in [-0.25, -0.2) is 4.57 Å². The zero-order valence-electron chi connectivity index (χ0n) is 30.9. The van der Waals surface area contributed by atoms with Crippen molar-refractivity contribution < 1.29 is 37.9 Å². The summed E-state index contributed by atoms with van der Waals surface area (Å²) in [5.41, 5.74) is 0. The summed E-state index contributed by atoms with van der Waals surface area (Å²) >= 11 is 0. The van der Waals surface area contributed by atoms with Gasteiger partial charge in [-0.2, -0.15) is 0 Å². The Morgan fingerprint density at radius 1 is 0.521 bits per heavy atom. The summed E-state index contributed by atoms with van der Waals surface area (Å²) in [5, 5.41) is 0. The van der Waals surface area contributed by atoms with Crippen molar-refractivity contribution >= 4 is 19.8 Å². The maximum atomic E-state index is 12.4. The molecular weight excluding hydrogens is 627 g/mol. The van der Waals surface area contributed by atoms with Crippen LogP contribution in [-0.4, -0.2) is 41.0 Å². The molecule has 8 nitrogen and oxygen atoms in total. The molecule has 282 valence electrons. The number of phosphoric acid groups is 1. The van der Waals surface area contributed by atoms with Crippen molar-refractivity contribution in [1.29, 1.82) is 0 Å². The summed E-state index contributed by atoms with van der Waals surface area (Å²) in [4.78, 5) is 42.7. The molecule has 0 saturated heterocycles. The van der Waals surface area contributed by atoms with E-state index in [0.29, 0.717) is 12.8 Å². The van der Waals surface area contributed by atoms with E-state index in [4.69, 9.17) is 19.3 Å². The maximum absolute atomic E-state index is 12.4. The van der Waals surface area contributed by atoms with Crippen LogP contribution in [0.15, 0.2) is 24.3 Å². The molecule has 0 aliphatic heterocycles. The van der Waals surface area contributed by atoms with Crippen LogP contribution < -0.4 is 0 Å². The minimum Gasteiger partial charge on any atom is -0.462 e. The number of carbonyl (C=O) groups excluding carboxylic acids is 2. The smallest absolute Gasteiger partial charge is 0.462 e. The van der Waals surface area contributed by atoms with Crippen molar-refractivity contribution in [3.05, 3.63) is 24.3 Å². The van der Waals surface area contributed by atoms with Gasteiger partial charge < -0.3 is 19.3 Å². The third kappa shape index (κ3) is 37.4. The standard InChI is InChI=1S/C39H73O8P/c1-3-5-7-9-11-13-15-17-18-19-20-21-22-24-26-28-30-32-34-39(41)47-37(36-46-48(42,43)44)35-45-38(40)33-31-29-27-25-23-16-14-12-10-8-6-4-2/h12,14,18-19,37H,3-11,13,15-17,20-36H2,1-2H3,(H2,42,43,44)/b14-12-,19-18-. The maximum Gasteiger partial charge on any atom is 0.469 e. The van der Waals surface area contributed by atoms with Gasteiger partial charge in [0.25, 0.3) is 0 Å². The Hall–Kier alpha value is -1.47. The zero-order chi connectivity index (χ0) is 35.4. The topological polar surface area (TPSA) is 119 Å². The summed E-state index contributed by atoms with van der Waals surface area (Å²) in [6.45, 7) is 3.65. The van der Waals surface area contributed by atoms with Crippen LogP contribution in [0.5, 0.6) is 0 Å². The van der Waals surface area contributed by atoms with E-state index < -0.39 is 32.5 Å². The van der Waals surface area contributed by atoms with Crippen molar-refractivity contribution in [1.82, 2.24) is 0 Å². The Morgan fingerprint density at radius 3 is 1.31 bits per heavy atom. The molecule has 0 amide bonds. The van der Waals surface area contributed by atoms with Gasteiger partial charge in [0.1, 0.15) is 6.61 Å². The van der Waals surface area contributed by atoms with E-state index in [2.05, 4.69) is 42.7 Å². The van der Waals surface area contributed by atoms with Gasteiger partial charge in [-0.15, -0.1) is 0 Å². The fourth-order valence-electron chi connectivity index (χ4n) is 5.48. The first-order valence-electron chi connectivity index (χ1n) is 19.6. The van der Waals surface area contributed by atoms with E-state index in [0.717, 1.165) is 57.8 Å². The number of esters is 2. The van der Waals surface area contributed by atoms with Gasteiger partial charge in [-0.05, 0) is 64.2 Å². The Morgan fingerprint density at radius 2 is 0.875 bits per heavy atom. The van der Waals surface area contributed by atoms with Crippen LogP contribution in [0.4, 0.5) is 0 Å². The molecule has 0 heterocycles. The highest BCUT2D eigenvalue weighted by molar-refractivity contribution is 7.46. The third-order valence-corrected chi connectivity index (χ3v) is 8.93. The largest absolute Gasteiger partial charge is 0.469 e. The van der Waals surface area contributed by atoms with Gasteiger partial charge in [0.2, 0.25) is 0 Å². The second-order valence-corrected chi connectivity index (χ2v) is 14.5. The fraction of sp³-hybridized carbons (Fsp3) is 0.846. The molecule has 0 aromatic heterocycles. The van der Waals surface area contributed by atoms with E-state index in [1.165, 1.54) is 96.3 Å². The molecule has 0 rings (SSSR count). The first kappa shape index (κ1) is 46.5. The molecule has 0 aliphatic carbocycles. The molecule has 0 spiro atoms. The molecule has 0 bridgehead atoms. The number of unbranched alkanes of at least 4 members (excludes halogenated alkanes) is 22. The van der Waals surface area contributed by atoms with E-state index in [1.54, 1.807) is 0 Å². The average molecular weight is 701 g/mol. The molecule has 0 saturated carbocycles. The normalized spacial score (nSPS) is 12.7. The lowest BCUT2D eigenvalue weighted by atomic mass is 10.1. The van der Waals surface area contributed by atoms with E-state index >= 15 is 0 Å². The first-order valence-corrected chi connectivity index (χ1v) is 21.2. The monoisotopic (exact) mass is 701 g/mol. The highest BCUT2D eigenvalue weighted by Gasteiger charge is 2.22. The van der Waals surface area contributed by atoms with Crippen LogP contribution in [0.25, 0.3) is 0 Å². The fourth-order valence-corrected chi connectivity index (χ4v) is 5.84. The molecule has 0 aromatic carbocycles. The number of rotatable bonds is 36. The van der Waals surface area contributed by atoms with Gasteiger partial charge in [-0.1, -0.05) is 141 Å². The van der Waals surface area contributed by atoms with Gasteiger partial charge in [0, 0.05) is 12.8 Å². The van der Waals surface area contributed by atoms with E-state index in [9.17, 15) is 14.2 Å². The lowest BCUT2D eigenvalue weighted by Crippen LogP contribution is -2.29. The Bertz CT molecular complexity index is 838. The van der Waals surface area contributed by atoms with Crippen molar-refractivity contribution in [3.8, 4) is 0 Å². The number of ether oxygens (including phenoxy) is 2. The summed E-state index contributed by atoms with van der Waals surface area (Å²) in [6, 6.07) is 0. The predicted molar refractivity (Wildman–Crippen MR) is 198 cm³/mol. The molecule has 0 fully saturated rings. The van der Waals surface area contributed by atoms with Crippen LogP contribution in [0.3, 0.4) is 0 Å². The molecule has 1 unspecified atom stereocenters. The highest BCUT2D eigenvalue weighted by atomic mass is 31.2. The molecule has 48 heavy (non-hydrogen) atoms. The summed E-state index contributed by atoms with van der Waals surface area (Å²) < 4.78 is 26.3. The Balaban J connectivity index is 3.94. The van der Waals surface area contributed by atoms with Crippen LogP contribution in [0.2, 0.25) is 0 Å². The average Bonchev–Trinajstić information content (AvgIpc) is 3.05. The quantitative estimate of drug-likeness (QED) is 0.0287. The van der Waals surface area contributed by atoms with Crippen LogP contribution in [0.1, 0.15) is 194 Å². The number of hydrogen-bond donors (Lipinski definition) is 2. The lowest BCUT2D eigenvalue weighted by molar-refractivity contribution is -0.161. The van der Waals surface area contributed by atoms with Crippen LogP contribution >= 0.6 is 7.82 Å². The number of allylic oxidation sites excluding steroid dienone is 4. The molecule has 2 N–H and O–H groups in total. The van der Waals surface area contributed by atoms with Crippen molar-refractivity contribution in [2.75, 3.05) is 13.2 Å². The SMILES string of the molecule is CCCCC/C=C\CCCCCCCC(=O)OCC(COP(=O)(O)O)OC(=O)CCCCCCCCC/C=C\CCCCCCCCC. The van der Waals surface area contributed by atoms with Crippen molar-refractivity contribution in [3.63, 3.8) is 0 Å². The van der Waals surface area contributed by atoms with E-state index in [1.807, 2.05) is 0 Å². The van der Waals surface area contributed by atoms with Gasteiger partial charge in [0.15, 0.2) is 6.10 Å². The second-order valence-electron chi connectivity index (χ2n) is 13.2. The Kier molecular flexibility index (Phi) is 34.3. The third-order valence-electron chi connectivity index (χ3n) is 8.44. The predicted octanol–water partition coefficient (Wildman–Crippen LogP) is 11.6. The molecule has 9 heteroatoms. The van der Waals surface area contributed by atoms with Gasteiger partial charge in [-0.3, -0.25) is 14.1 Å². The number of hydrogen-bond acceptors (Lipinski definition) is 6. The second kappa shape index (κ2) is 35.4. The van der Waals surface area contributed by atoms with E-state index in [-0.39, 0.29) is 19.4 Å². The molecule has 0 aliphatic rings. The molecule has 1 atom stereocenters. The minimum atomic E-state index is -4.75. The zero-order valence-corrected chi connectivity index (χ0v) is 31.8. The van der Waals surface area contributed by atoms with Crippen molar-refractivity contribution in [2.24, 2.45) is 0 Å². The lowest BCUT2D eigenvalue weighted by Gasteiger charge is -2.18. The first-order chi connectivity index (χ1) is 23.3. The van der Waals surface area contributed by atoms with Crippen molar-refractivity contribution in [2.45, 2.75) is 200 Å². The summed E-state index contributed by atoms with van der Waals surface area (Å²) in [7, 11) is -4.75. The number of carbonyl (C=O) groups is 2. The van der Waals surface area contributed by atoms with Gasteiger partial charge >= 0.3 is 19.8 Å². The molecule has 0 radical (unpaired) electrons. The van der Waals surface area contributed by atoms with Crippen LogP contribution in [-0.2, 0) is 28.2 Å². The van der Waals surface area contributed by atoms with Crippen LogP contribution in [0, 0.1) is 0 Å².